The van der Waals surface area contributed by atoms with Gasteiger partial charge in [0.1, 0.15) is 5.82 Å². The van der Waals surface area contributed by atoms with E-state index < -0.39 is 38.8 Å². The molecule has 13 heteroatoms. The van der Waals surface area contributed by atoms with E-state index in [1.54, 1.807) is 24.3 Å². The quantitative estimate of drug-likeness (QED) is 0.421. The van der Waals surface area contributed by atoms with E-state index in [-0.39, 0.29) is 41.1 Å². The summed E-state index contributed by atoms with van der Waals surface area (Å²) in [7, 11) is -2.26. The van der Waals surface area contributed by atoms with E-state index >= 15 is 4.39 Å². The largest absolute Gasteiger partial charge is 0.420 e. The lowest BCUT2D eigenvalue weighted by Crippen LogP contribution is -2.45. The van der Waals surface area contributed by atoms with Crippen molar-refractivity contribution in [2.75, 3.05) is 37.4 Å². The molecule has 204 valence electrons. The SMILES string of the molecule is CN(CCO)CC(C)(C)c1nnc(-c2cc3c(cc2F)S(=O)(=O)C[C@H](N)C(=O)N3Cc2ccc(Cl)cc2)o1. The number of nitrogens with two attached hydrogens (primary N) is 1. The van der Waals surface area contributed by atoms with Crippen LogP contribution in [0.3, 0.4) is 0 Å². The van der Waals surface area contributed by atoms with Crippen molar-refractivity contribution in [3.8, 4) is 11.5 Å². The Morgan fingerprint density at radius 3 is 2.61 bits per heavy atom. The third-order valence-corrected chi connectivity index (χ3v) is 8.34. The molecule has 0 spiro atoms. The normalized spacial score (nSPS) is 17.5. The number of anilines is 1. The number of rotatable bonds is 8. The third kappa shape index (κ3) is 5.74. The zero-order chi connectivity index (χ0) is 27.8. The van der Waals surface area contributed by atoms with Crippen molar-refractivity contribution >= 4 is 33.0 Å². The van der Waals surface area contributed by atoms with Gasteiger partial charge in [-0.25, -0.2) is 12.8 Å². The van der Waals surface area contributed by atoms with E-state index in [0.717, 1.165) is 6.07 Å². The van der Waals surface area contributed by atoms with Crippen LogP contribution in [0.2, 0.25) is 5.02 Å². The van der Waals surface area contributed by atoms with Gasteiger partial charge in [0.05, 0.1) is 46.5 Å². The maximum Gasteiger partial charge on any atom is 0.250 e. The van der Waals surface area contributed by atoms with Crippen LogP contribution in [0.1, 0.15) is 25.3 Å². The molecule has 0 saturated carbocycles. The summed E-state index contributed by atoms with van der Waals surface area (Å²) in [4.78, 5) is 16.0. The molecule has 2 aromatic carbocycles. The number of aliphatic hydroxyl groups excluding tert-OH is 1. The van der Waals surface area contributed by atoms with E-state index in [9.17, 15) is 18.3 Å². The monoisotopic (exact) mass is 565 g/mol. The molecule has 1 aliphatic heterocycles. The first-order chi connectivity index (χ1) is 17.8. The van der Waals surface area contributed by atoms with Gasteiger partial charge in [0.2, 0.25) is 11.8 Å². The number of aromatic nitrogens is 2. The van der Waals surface area contributed by atoms with Crippen molar-refractivity contribution in [2.45, 2.75) is 36.7 Å². The highest BCUT2D eigenvalue weighted by Gasteiger charge is 2.38. The number of aliphatic hydroxyl groups is 1. The topological polar surface area (TPSA) is 143 Å². The molecule has 1 aromatic heterocycles. The van der Waals surface area contributed by atoms with Crippen molar-refractivity contribution in [3.63, 3.8) is 0 Å². The number of amides is 1. The minimum Gasteiger partial charge on any atom is -0.420 e. The molecule has 0 radical (unpaired) electrons. The number of carbonyl (C=O) groups is 1. The van der Waals surface area contributed by atoms with Gasteiger partial charge in [-0.3, -0.25) is 4.79 Å². The molecule has 4 rings (SSSR count). The highest BCUT2D eigenvalue weighted by Crippen LogP contribution is 2.37. The summed E-state index contributed by atoms with van der Waals surface area (Å²) >= 11 is 5.98. The number of halogens is 2. The summed E-state index contributed by atoms with van der Waals surface area (Å²) in [5.41, 5.74) is 5.80. The van der Waals surface area contributed by atoms with Gasteiger partial charge in [0, 0.05) is 18.1 Å². The molecule has 0 aliphatic carbocycles. The minimum absolute atomic E-state index is 0.0141. The summed E-state index contributed by atoms with van der Waals surface area (Å²) in [6.45, 7) is 4.62. The first-order valence-electron chi connectivity index (χ1n) is 11.8. The molecule has 0 fully saturated rings. The van der Waals surface area contributed by atoms with Gasteiger partial charge >= 0.3 is 0 Å². The van der Waals surface area contributed by atoms with Crippen LogP contribution in [0, 0.1) is 5.82 Å². The zero-order valence-corrected chi connectivity index (χ0v) is 22.8. The fourth-order valence-electron chi connectivity index (χ4n) is 4.42. The fraction of sp³-hybridized carbons (Fsp3) is 0.400. The van der Waals surface area contributed by atoms with Crippen LogP contribution in [0.25, 0.3) is 11.5 Å². The second kappa shape index (κ2) is 10.7. The molecule has 0 bridgehead atoms. The maximum absolute atomic E-state index is 15.4. The predicted molar refractivity (Wildman–Crippen MR) is 140 cm³/mol. The van der Waals surface area contributed by atoms with Crippen LogP contribution in [0.5, 0.6) is 0 Å². The lowest BCUT2D eigenvalue weighted by atomic mass is 9.93. The molecule has 3 N–H and O–H groups in total. The van der Waals surface area contributed by atoms with Gasteiger partial charge in [-0.15, -0.1) is 10.2 Å². The summed E-state index contributed by atoms with van der Waals surface area (Å²) in [6, 6.07) is 7.45. The molecule has 1 amide bonds. The number of hydrogen-bond acceptors (Lipinski definition) is 9. The van der Waals surface area contributed by atoms with E-state index in [2.05, 4.69) is 10.2 Å². The van der Waals surface area contributed by atoms with E-state index in [4.69, 9.17) is 21.8 Å². The molecule has 3 aromatic rings. The molecular formula is C25H29ClFN5O5S. The van der Waals surface area contributed by atoms with Gasteiger partial charge in [0.25, 0.3) is 5.89 Å². The van der Waals surface area contributed by atoms with Crippen molar-refractivity contribution in [2.24, 2.45) is 5.73 Å². The van der Waals surface area contributed by atoms with E-state index in [1.807, 2.05) is 25.8 Å². The van der Waals surface area contributed by atoms with Crippen molar-refractivity contribution in [1.29, 1.82) is 0 Å². The van der Waals surface area contributed by atoms with Crippen molar-refractivity contribution in [1.82, 2.24) is 15.1 Å². The van der Waals surface area contributed by atoms with Crippen molar-refractivity contribution in [3.05, 3.63) is 58.7 Å². The maximum atomic E-state index is 15.4. The predicted octanol–water partition coefficient (Wildman–Crippen LogP) is 2.38. The third-order valence-electron chi connectivity index (χ3n) is 6.29. The fourth-order valence-corrected chi connectivity index (χ4v) is 6.11. The first kappa shape index (κ1) is 28.1. The van der Waals surface area contributed by atoms with Crippen molar-refractivity contribution < 1.29 is 27.1 Å². The lowest BCUT2D eigenvalue weighted by molar-refractivity contribution is -0.119. The van der Waals surface area contributed by atoms with Crippen LogP contribution < -0.4 is 10.6 Å². The Balaban J connectivity index is 1.79. The highest BCUT2D eigenvalue weighted by molar-refractivity contribution is 7.91. The molecule has 1 aliphatic rings. The Bertz CT molecular complexity index is 1440. The Labute approximate surface area is 225 Å². The van der Waals surface area contributed by atoms with Crippen LogP contribution in [-0.4, -0.2) is 73.1 Å². The second-order valence-corrected chi connectivity index (χ2v) is 12.4. The van der Waals surface area contributed by atoms with Gasteiger partial charge in [-0.1, -0.05) is 23.7 Å². The summed E-state index contributed by atoms with van der Waals surface area (Å²) in [5, 5.41) is 17.8. The van der Waals surface area contributed by atoms with E-state index in [0.29, 0.717) is 23.7 Å². The molecule has 10 nitrogen and oxygen atoms in total. The molecule has 2 heterocycles. The Hall–Kier alpha value is -2.90. The first-order valence-corrected chi connectivity index (χ1v) is 13.9. The van der Waals surface area contributed by atoms with Crippen LogP contribution in [-0.2, 0) is 26.6 Å². The number of likely N-dealkylation sites (N-methyl/N-ethyl adjacent to an activating group) is 1. The molecule has 38 heavy (non-hydrogen) atoms. The zero-order valence-electron chi connectivity index (χ0n) is 21.2. The highest BCUT2D eigenvalue weighted by atomic mass is 35.5. The number of hydrogen-bond donors (Lipinski definition) is 2. The van der Waals surface area contributed by atoms with E-state index in [1.165, 1.54) is 11.0 Å². The Morgan fingerprint density at radius 1 is 1.26 bits per heavy atom. The number of fused-ring (bicyclic) bond motifs is 1. The summed E-state index contributed by atoms with van der Waals surface area (Å²) < 4.78 is 47.3. The number of sulfone groups is 1. The Kier molecular flexibility index (Phi) is 7.91. The minimum atomic E-state index is -4.09. The van der Waals surface area contributed by atoms with Crippen LogP contribution >= 0.6 is 11.6 Å². The van der Waals surface area contributed by atoms with Gasteiger partial charge < -0.3 is 25.1 Å². The average Bonchev–Trinajstić information content (AvgIpc) is 3.32. The van der Waals surface area contributed by atoms with Gasteiger partial charge in [-0.2, -0.15) is 0 Å². The number of nitrogens with zero attached hydrogens (tertiary/aromatic N) is 4. The van der Waals surface area contributed by atoms with Gasteiger partial charge in [0.15, 0.2) is 9.84 Å². The molecule has 0 unspecified atom stereocenters. The van der Waals surface area contributed by atoms with Crippen LogP contribution in [0.4, 0.5) is 10.1 Å². The smallest absolute Gasteiger partial charge is 0.250 e. The lowest BCUT2D eigenvalue weighted by Gasteiger charge is -2.26. The average molecular weight is 566 g/mol. The number of carbonyl (C=O) groups excluding carboxylic acids is 1. The Morgan fingerprint density at radius 2 is 1.95 bits per heavy atom. The second-order valence-electron chi connectivity index (χ2n) is 10.00. The molecule has 1 atom stereocenters. The molecular weight excluding hydrogens is 537 g/mol. The van der Waals surface area contributed by atoms with Crippen LogP contribution in [0.15, 0.2) is 45.7 Å². The number of benzene rings is 2. The van der Waals surface area contributed by atoms with Gasteiger partial charge in [-0.05, 0) is 50.7 Å². The summed E-state index contributed by atoms with van der Waals surface area (Å²) in [5.74, 6) is -2.11. The summed E-state index contributed by atoms with van der Waals surface area (Å²) in [6.07, 6.45) is 0. The molecule has 0 saturated heterocycles. The standard InChI is InChI=1S/C25H29ClFN5O5S/c1-25(2,14-31(3)8-9-33)24-30-29-22(37-24)17-10-20-21(11-18(17)27)38(35,36)13-19(28)23(34)32(20)12-15-4-6-16(26)7-5-15/h4-7,10-11,19,33H,8-9,12-14,28H2,1-3H3/t19-/m0/s1.